The molecule has 6 rings (SSSR count). The molecule has 3 aromatic rings. The number of morpholine rings is 1. The molecule has 3 atom stereocenters. The summed E-state index contributed by atoms with van der Waals surface area (Å²) in [6.45, 7) is 8.59. The van der Waals surface area contributed by atoms with Crippen molar-refractivity contribution in [3.63, 3.8) is 0 Å². The van der Waals surface area contributed by atoms with Gasteiger partial charge in [-0.25, -0.2) is 0 Å². The molecule has 41 heavy (non-hydrogen) atoms. The second-order valence-electron chi connectivity index (χ2n) is 12.1. The number of ether oxygens (including phenoxy) is 1. The molecule has 3 aliphatic rings. The average molecular weight is 578 g/mol. The third kappa shape index (κ3) is 6.01. The smallest absolute Gasteiger partial charge is 0.252 e. The van der Waals surface area contributed by atoms with Gasteiger partial charge in [-0.15, -0.1) is 0 Å². The second kappa shape index (κ2) is 12.1. The van der Waals surface area contributed by atoms with Crippen LogP contribution in [0.15, 0.2) is 36.5 Å². The molecule has 3 heterocycles. The maximum absolute atomic E-state index is 13.7. The van der Waals surface area contributed by atoms with E-state index in [0.717, 1.165) is 79.7 Å². The summed E-state index contributed by atoms with van der Waals surface area (Å²) in [6, 6.07) is 10.8. The quantitative estimate of drug-likeness (QED) is 0.403. The van der Waals surface area contributed by atoms with Crippen LogP contribution in [0.4, 0.5) is 0 Å². The van der Waals surface area contributed by atoms with Crippen LogP contribution >= 0.6 is 11.6 Å². The summed E-state index contributed by atoms with van der Waals surface area (Å²) >= 11 is 6.90. The Labute approximate surface area is 246 Å². The van der Waals surface area contributed by atoms with Gasteiger partial charge in [0.2, 0.25) is 5.91 Å². The third-order valence-corrected chi connectivity index (χ3v) is 9.42. The van der Waals surface area contributed by atoms with Crippen LogP contribution < -0.4 is 10.6 Å². The minimum Gasteiger partial charge on any atom is -0.379 e. The van der Waals surface area contributed by atoms with Crippen molar-refractivity contribution >= 4 is 34.3 Å². The molecule has 1 aromatic heterocycles. The zero-order valence-electron chi connectivity index (χ0n) is 24.0. The number of hydrogen-bond donors (Lipinski definition) is 2. The van der Waals surface area contributed by atoms with Gasteiger partial charge in [-0.1, -0.05) is 43.5 Å². The molecule has 0 spiro atoms. The minimum atomic E-state index is -0.247. The summed E-state index contributed by atoms with van der Waals surface area (Å²) in [7, 11) is 0. The summed E-state index contributed by atoms with van der Waals surface area (Å²) < 4.78 is 7.58. The van der Waals surface area contributed by atoms with Crippen molar-refractivity contribution in [3.8, 4) is 11.1 Å². The van der Waals surface area contributed by atoms with Gasteiger partial charge in [0.05, 0.1) is 42.5 Å². The summed E-state index contributed by atoms with van der Waals surface area (Å²) in [5.74, 6) is -0.233. The Morgan fingerprint density at radius 3 is 2.66 bits per heavy atom. The molecule has 2 saturated heterocycles. The number of hydrogen-bond acceptors (Lipinski definition) is 5. The average Bonchev–Trinajstić information content (AvgIpc) is 3.63. The van der Waals surface area contributed by atoms with Crippen LogP contribution in [0.25, 0.3) is 22.0 Å². The van der Waals surface area contributed by atoms with E-state index in [1.54, 1.807) is 0 Å². The fraction of sp³-hybridized carbons (Fsp3) is 0.531. The van der Waals surface area contributed by atoms with Gasteiger partial charge in [0.1, 0.15) is 0 Å². The van der Waals surface area contributed by atoms with E-state index in [0.29, 0.717) is 23.2 Å². The summed E-state index contributed by atoms with van der Waals surface area (Å²) in [5.41, 5.74) is 4.45. The van der Waals surface area contributed by atoms with Crippen molar-refractivity contribution in [1.82, 2.24) is 25.3 Å². The van der Waals surface area contributed by atoms with E-state index in [9.17, 15) is 9.59 Å². The van der Waals surface area contributed by atoms with Crippen molar-refractivity contribution in [2.75, 3.05) is 32.8 Å². The van der Waals surface area contributed by atoms with Gasteiger partial charge in [0, 0.05) is 48.2 Å². The molecule has 2 aromatic carbocycles. The first-order valence-electron chi connectivity index (χ1n) is 15.1. The molecule has 1 saturated carbocycles. The Morgan fingerprint density at radius 1 is 1.15 bits per heavy atom. The van der Waals surface area contributed by atoms with Crippen molar-refractivity contribution in [2.24, 2.45) is 11.8 Å². The molecular formula is C32H40ClN5O3. The van der Waals surface area contributed by atoms with Crippen molar-refractivity contribution in [3.05, 3.63) is 52.7 Å². The zero-order chi connectivity index (χ0) is 28.5. The second-order valence-corrected chi connectivity index (χ2v) is 12.5. The van der Waals surface area contributed by atoms with Crippen LogP contribution in [0.5, 0.6) is 0 Å². The lowest BCUT2D eigenvalue weighted by molar-refractivity contribution is -0.129. The predicted molar refractivity (Wildman–Crippen MR) is 161 cm³/mol. The molecule has 0 bridgehead atoms. The van der Waals surface area contributed by atoms with E-state index < -0.39 is 0 Å². The SMILES string of the molecule is CC1CC(C)C(CNC(=O)c2cc(-c3ccc(CN4CCOCC4)cc3Cl)cc3c2cnn3C2CCCC2)C(=O)N1. The molecular weight excluding hydrogens is 538 g/mol. The first-order valence-corrected chi connectivity index (χ1v) is 15.4. The first kappa shape index (κ1) is 28.2. The number of amides is 2. The van der Waals surface area contributed by atoms with E-state index in [4.69, 9.17) is 21.4 Å². The van der Waals surface area contributed by atoms with Crippen LogP contribution in [0.1, 0.15) is 67.9 Å². The molecule has 2 aliphatic heterocycles. The Kier molecular flexibility index (Phi) is 8.33. The number of nitrogens with one attached hydrogen (secondary N) is 2. The van der Waals surface area contributed by atoms with Gasteiger partial charge in [-0.2, -0.15) is 5.10 Å². The molecule has 9 heteroatoms. The van der Waals surface area contributed by atoms with Gasteiger partial charge in [-0.05, 0) is 61.4 Å². The highest BCUT2D eigenvalue weighted by molar-refractivity contribution is 6.33. The van der Waals surface area contributed by atoms with Crippen LogP contribution in [-0.2, 0) is 16.1 Å². The summed E-state index contributed by atoms with van der Waals surface area (Å²) in [5, 5.41) is 12.4. The Bertz CT molecular complexity index is 1430. The normalized spacial score (nSPS) is 24.1. The molecule has 2 N–H and O–H groups in total. The number of carbonyl (C=O) groups excluding carboxylic acids is 2. The Morgan fingerprint density at radius 2 is 1.93 bits per heavy atom. The highest BCUT2D eigenvalue weighted by Gasteiger charge is 2.32. The number of nitrogens with zero attached hydrogens (tertiary/aromatic N) is 3. The van der Waals surface area contributed by atoms with Crippen LogP contribution in [0.2, 0.25) is 5.02 Å². The van der Waals surface area contributed by atoms with Gasteiger partial charge in [-0.3, -0.25) is 19.2 Å². The highest BCUT2D eigenvalue weighted by Crippen LogP contribution is 2.37. The zero-order valence-corrected chi connectivity index (χ0v) is 24.8. The summed E-state index contributed by atoms with van der Waals surface area (Å²) in [4.78, 5) is 28.8. The fourth-order valence-electron chi connectivity index (χ4n) is 6.82. The number of fused-ring (bicyclic) bond motifs is 1. The topological polar surface area (TPSA) is 88.5 Å². The lowest BCUT2D eigenvalue weighted by Crippen LogP contribution is -2.50. The lowest BCUT2D eigenvalue weighted by Gasteiger charge is -2.32. The van der Waals surface area contributed by atoms with E-state index in [1.165, 1.54) is 12.8 Å². The first-order chi connectivity index (χ1) is 19.9. The largest absolute Gasteiger partial charge is 0.379 e. The van der Waals surface area contributed by atoms with Crippen molar-refractivity contribution in [1.29, 1.82) is 0 Å². The van der Waals surface area contributed by atoms with Crippen LogP contribution in [0, 0.1) is 11.8 Å². The summed E-state index contributed by atoms with van der Waals surface area (Å²) in [6.07, 6.45) is 7.28. The standard InChI is InChI=1S/C32H40ClN5O3/c1-20-13-21(2)36-32(40)27(20)17-34-31(39)26-15-23(16-30-28(26)18-35-38(30)24-5-3-4-6-24)25-8-7-22(14-29(25)33)19-37-9-11-41-12-10-37/h7-8,14-16,18,20-21,24,27H,3-6,9-13,17,19H2,1-2H3,(H,34,39)(H,36,40). The maximum Gasteiger partial charge on any atom is 0.252 e. The van der Waals surface area contributed by atoms with Gasteiger partial charge < -0.3 is 15.4 Å². The van der Waals surface area contributed by atoms with E-state index in [-0.39, 0.29) is 29.7 Å². The van der Waals surface area contributed by atoms with Gasteiger partial charge in [0.15, 0.2) is 0 Å². The van der Waals surface area contributed by atoms with Crippen molar-refractivity contribution < 1.29 is 14.3 Å². The van der Waals surface area contributed by atoms with Gasteiger partial charge >= 0.3 is 0 Å². The molecule has 3 fully saturated rings. The van der Waals surface area contributed by atoms with Crippen LogP contribution in [-0.4, -0.2) is 65.4 Å². The van der Waals surface area contributed by atoms with Crippen molar-refractivity contribution in [2.45, 2.75) is 64.6 Å². The number of rotatable bonds is 7. The van der Waals surface area contributed by atoms with Crippen LogP contribution in [0.3, 0.4) is 0 Å². The monoisotopic (exact) mass is 577 g/mol. The molecule has 3 unspecified atom stereocenters. The van der Waals surface area contributed by atoms with E-state index in [1.807, 2.05) is 25.3 Å². The van der Waals surface area contributed by atoms with E-state index >= 15 is 0 Å². The molecule has 8 nitrogen and oxygen atoms in total. The number of halogens is 1. The third-order valence-electron chi connectivity index (χ3n) is 9.11. The molecule has 0 radical (unpaired) electrons. The molecule has 2 amide bonds. The number of benzene rings is 2. The Balaban J connectivity index is 1.31. The molecule has 1 aliphatic carbocycles. The fourth-order valence-corrected chi connectivity index (χ4v) is 7.13. The maximum atomic E-state index is 13.7. The lowest BCUT2D eigenvalue weighted by atomic mass is 9.84. The number of piperidine rings is 1. The van der Waals surface area contributed by atoms with E-state index in [2.05, 4.69) is 45.3 Å². The van der Waals surface area contributed by atoms with Gasteiger partial charge in [0.25, 0.3) is 5.91 Å². The minimum absolute atomic E-state index is 0.00783. The number of carbonyl (C=O) groups is 2. The molecule has 218 valence electrons. The predicted octanol–water partition coefficient (Wildman–Crippen LogP) is 5.19. The number of aromatic nitrogens is 2. The highest BCUT2D eigenvalue weighted by atomic mass is 35.5. The Hall–Kier alpha value is -2.94.